The maximum Gasteiger partial charge on any atom is 0.261 e. The Labute approximate surface area is 222 Å². The van der Waals surface area contributed by atoms with Crippen LogP contribution in [0.15, 0.2) is 29.1 Å². The fourth-order valence-electron chi connectivity index (χ4n) is 6.63. The maximum absolute atomic E-state index is 13.1. The summed E-state index contributed by atoms with van der Waals surface area (Å²) in [5, 5.41) is 15.3. The summed E-state index contributed by atoms with van der Waals surface area (Å²) in [6, 6.07) is 6.49. The standard InChI is InChI=1S/C29H38N4O5/c1-16-5-8-21(38-4)12-23(16)28-9-10-33(15-19-6-7-19)18(3)29(28,37)13-20-11-22(27(36)32-24(20)14-28)26(35)31-17(2)25(30)34/h5,8,11-12,17-19,37H,6-7,9-10,13-15H2,1-4H3,(H2,30,34)(H,31,35)(H,32,36)/t17-,18+,28+,29+/m0/s1. The minimum Gasteiger partial charge on any atom is -0.497 e. The number of ether oxygens (including phenoxy) is 1. The number of carbonyl (C=O) groups excluding carboxylic acids is 2. The van der Waals surface area contributed by atoms with Gasteiger partial charge in [-0.15, -0.1) is 0 Å². The van der Waals surface area contributed by atoms with E-state index >= 15 is 0 Å². The molecule has 5 rings (SSSR count). The number of piperidine rings is 1. The van der Waals surface area contributed by atoms with Gasteiger partial charge in [0, 0.05) is 36.5 Å². The smallest absolute Gasteiger partial charge is 0.261 e. The Hall–Kier alpha value is -3.17. The van der Waals surface area contributed by atoms with Crippen LogP contribution in [0.3, 0.4) is 0 Å². The second-order valence-corrected chi connectivity index (χ2v) is 11.5. The summed E-state index contributed by atoms with van der Waals surface area (Å²) >= 11 is 0. The molecule has 9 heteroatoms. The van der Waals surface area contributed by atoms with E-state index in [1.807, 2.05) is 18.2 Å². The second kappa shape index (κ2) is 9.54. The normalized spacial score (nSPS) is 27.7. The van der Waals surface area contributed by atoms with E-state index in [2.05, 4.69) is 29.0 Å². The van der Waals surface area contributed by atoms with Crippen molar-refractivity contribution >= 4 is 11.8 Å². The van der Waals surface area contributed by atoms with Gasteiger partial charge in [-0.25, -0.2) is 0 Å². The Morgan fingerprint density at radius 3 is 2.68 bits per heavy atom. The number of benzene rings is 1. The largest absolute Gasteiger partial charge is 0.497 e. The van der Waals surface area contributed by atoms with Crippen molar-refractivity contribution in [3.63, 3.8) is 0 Å². The maximum atomic E-state index is 13.1. The van der Waals surface area contributed by atoms with Gasteiger partial charge in [-0.05, 0) is 87.4 Å². The van der Waals surface area contributed by atoms with Crippen LogP contribution in [0.4, 0.5) is 0 Å². The van der Waals surface area contributed by atoms with Crippen LogP contribution < -0.4 is 21.3 Å². The van der Waals surface area contributed by atoms with Gasteiger partial charge in [0.2, 0.25) is 5.91 Å². The number of amides is 2. The zero-order valence-corrected chi connectivity index (χ0v) is 22.6. The number of fused-ring (bicyclic) bond motifs is 2. The number of methoxy groups -OCH3 is 1. The summed E-state index contributed by atoms with van der Waals surface area (Å²) in [6.07, 6.45) is 3.91. The second-order valence-electron chi connectivity index (χ2n) is 11.5. The third kappa shape index (κ3) is 4.31. The fourth-order valence-corrected chi connectivity index (χ4v) is 6.63. The van der Waals surface area contributed by atoms with Gasteiger partial charge in [-0.1, -0.05) is 6.07 Å². The van der Waals surface area contributed by atoms with Crippen LogP contribution in [0.5, 0.6) is 5.75 Å². The minimum absolute atomic E-state index is 0.0937. The van der Waals surface area contributed by atoms with Gasteiger partial charge in [0.1, 0.15) is 17.4 Å². The number of primary amides is 1. The SMILES string of the molecule is COc1ccc(C)c([C@]23CCN(CC4CC4)[C@H](C)[C@]2(O)Cc2cc(C(=O)N[C@@H](C)C(N)=O)c(=O)[nH]c2C3)c1. The number of carbonyl (C=O) groups is 2. The third-order valence-electron chi connectivity index (χ3n) is 9.22. The van der Waals surface area contributed by atoms with E-state index in [9.17, 15) is 19.5 Å². The lowest BCUT2D eigenvalue weighted by Gasteiger charge is -2.60. The number of pyridine rings is 1. The van der Waals surface area contributed by atoms with Crippen LogP contribution in [-0.4, -0.2) is 64.7 Å². The van der Waals surface area contributed by atoms with Crippen LogP contribution in [0, 0.1) is 12.8 Å². The Morgan fingerprint density at radius 2 is 2.03 bits per heavy atom. The highest BCUT2D eigenvalue weighted by molar-refractivity contribution is 5.97. The zero-order chi connectivity index (χ0) is 27.4. The number of rotatable bonds is 7. The number of aliphatic hydroxyl groups is 1. The molecule has 204 valence electrons. The molecule has 4 atom stereocenters. The number of likely N-dealkylation sites (tertiary alicyclic amines) is 1. The van der Waals surface area contributed by atoms with Gasteiger partial charge in [-0.2, -0.15) is 0 Å². The molecule has 2 fully saturated rings. The van der Waals surface area contributed by atoms with Gasteiger partial charge in [0.15, 0.2) is 0 Å². The lowest BCUT2D eigenvalue weighted by molar-refractivity contribution is -0.139. The number of H-pyrrole nitrogens is 1. The molecule has 3 aliphatic rings. The Kier molecular flexibility index (Phi) is 6.64. The first kappa shape index (κ1) is 26.4. The van der Waals surface area contributed by atoms with Crippen molar-refractivity contribution in [1.82, 2.24) is 15.2 Å². The molecule has 0 bridgehead atoms. The van der Waals surface area contributed by atoms with Crippen molar-refractivity contribution in [3.05, 3.63) is 62.6 Å². The summed E-state index contributed by atoms with van der Waals surface area (Å²) in [6.45, 7) is 7.44. The first-order chi connectivity index (χ1) is 18.0. The van der Waals surface area contributed by atoms with Crippen molar-refractivity contribution in [2.24, 2.45) is 11.7 Å². The number of aryl methyl sites for hydroxylation is 1. The summed E-state index contributed by atoms with van der Waals surface area (Å²) in [4.78, 5) is 42.7. The molecule has 0 spiro atoms. The molecule has 0 unspecified atom stereocenters. The van der Waals surface area contributed by atoms with Crippen LogP contribution in [0.2, 0.25) is 0 Å². The average Bonchev–Trinajstić information content (AvgIpc) is 3.70. The Balaban J connectivity index is 1.61. The highest BCUT2D eigenvalue weighted by Crippen LogP contribution is 2.54. The van der Waals surface area contributed by atoms with Gasteiger partial charge in [0.05, 0.1) is 12.7 Å². The minimum atomic E-state index is -1.16. The number of nitrogens with two attached hydrogens (primary N) is 1. The zero-order valence-electron chi connectivity index (χ0n) is 22.6. The third-order valence-corrected chi connectivity index (χ3v) is 9.22. The van der Waals surface area contributed by atoms with Gasteiger partial charge >= 0.3 is 0 Å². The van der Waals surface area contributed by atoms with Crippen LogP contribution in [-0.2, 0) is 23.1 Å². The molecule has 1 saturated carbocycles. The van der Waals surface area contributed by atoms with Crippen molar-refractivity contribution < 1.29 is 19.4 Å². The molecule has 2 aromatic rings. The molecule has 9 nitrogen and oxygen atoms in total. The average molecular weight is 523 g/mol. The van der Waals surface area contributed by atoms with Gasteiger partial charge < -0.3 is 25.9 Å². The molecule has 2 aliphatic carbocycles. The molecule has 1 aromatic heterocycles. The van der Waals surface area contributed by atoms with Gasteiger partial charge in [0.25, 0.3) is 11.5 Å². The predicted molar refractivity (Wildman–Crippen MR) is 143 cm³/mol. The van der Waals surface area contributed by atoms with E-state index in [1.54, 1.807) is 13.2 Å². The van der Waals surface area contributed by atoms with E-state index in [4.69, 9.17) is 10.5 Å². The van der Waals surface area contributed by atoms with E-state index in [0.29, 0.717) is 12.3 Å². The van der Waals surface area contributed by atoms with Crippen molar-refractivity contribution in [1.29, 1.82) is 0 Å². The molecular formula is C29H38N4O5. The Bertz CT molecular complexity index is 1330. The highest BCUT2D eigenvalue weighted by Gasteiger charge is 2.61. The van der Waals surface area contributed by atoms with Crippen molar-refractivity contribution in [2.45, 2.75) is 76.0 Å². The number of aromatic nitrogens is 1. The Morgan fingerprint density at radius 1 is 1.29 bits per heavy atom. The first-order valence-corrected chi connectivity index (χ1v) is 13.5. The molecule has 1 aromatic carbocycles. The molecule has 2 amide bonds. The molecule has 1 saturated heterocycles. The summed E-state index contributed by atoms with van der Waals surface area (Å²) in [7, 11) is 1.64. The lowest BCUT2D eigenvalue weighted by Crippen LogP contribution is -2.71. The van der Waals surface area contributed by atoms with E-state index in [1.165, 1.54) is 19.8 Å². The topological polar surface area (TPSA) is 138 Å². The summed E-state index contributed by atoms with van der Waals surface area (Å²) < 4.78 is 5.57. The molecule has 38 heavy (non-hydrogen) atoms. The lowest BCUT2D eigenvalue weighted by atomic mass is 9.53. The number of nitrogens with zero attached hydrogens (tertiary/aromatic N) is 1. The fraction of sp³-hybridized carbons (Fsp3) is 0.552. The molecule has 0 radical (unpaired) electrons. The van der Waals surface area contributed by atoms with Crippen LogP contribution >= 0.6 is 0 Å². The van der Waals surface area contributed by atoms with E-state index in [0.717, 1.165) is 47.6 Å². The number of hydrogen-bond acceptors (Lipinski definition) is 6. The quantitative estimate of drug-likeness (QED) is 0.436. The van der Waals surface area contributed by atoms with E-state index in [-0.39, 0.29) is 18.0 Å². The van der Waals surface area contributed by atoms with E-state index < -0.39 is 34.4 Å². The highest BCUT2D eigenvalue weighted by atomic mass is 16.5. The number of aromatic amines is 1. The molecule has 5 N–H and O–H groups in total. The summed E-state index contributed by atoms with van der Waals surface area (Å²) in [5.74, 6) is 0.0549. The van der Waals surface area contributed by atoms with Crippen LogP contribution in [0.1, 0.15) is 65.9 Å². The first-order valence-electron chi connectivity index (χ1n) is 13.5. The van der Waals surface area contributed by atoms with Crippen molar-refractivity contribution in [2.75, 3.05) is 20.2 Å². The number of nitrogens with one attached hydrogen (secondary N) is 2. The predicted octanol–water partition coefficient (Wildman–Crippen LogP) is 1.57. The van der Waals surface area contributed by atoms with Crippen molar-refractivity contribution in [3.8, 4) is 5.75 Å². The molecule has 1 aliphatic heterocycles. The van der Waals surface area contributed by atoms with Crippen LogP contribution in [0.25, 0.3) is 0 Å². The monoisotopic (exact) mass is 522 g/mol. The van der Waals surface area contributed by atoms with Gasteiger partial charge in [-0.3, -0.25) is 19.3 Å². The summed E-state index contributed by atoms with van der Waals surface area (Å²) in [5.41, 5.74) is 6.42. The number of hydrogen-bond donors (Lipinski definition) is 4. The molecule has 2 heterocycles. The molecular weight excluding hydrogens is 484 g/mol.